The van der Waals surface area contributed by atoms with Crippen molar-refractivity contribution in [2.45, 2.75) is 211 Å². The lowest BCUT2D eigenvalue weighted by molar-refractivity contribution is 0.589. The van der Waals surface area contributed by atoms with Gasteiger partial charge < -0.3 is 18.9 Å². The average molecular weight is 1530 g/mol. The Morgan fingerprint density at radius 3 is 0.783 bits per heavy atom. The van der Waals surface area contributed by atoms with Crippen molar-refractivity contribution in [3.05, 3.63) is 304 Å². The largest absolute Gasteiger partial charge is 0.310 e. The lowest BCUT2D eigenvalue weighted by atomic mass is 9.33. The van der Waals surface area contributed by atoms with Gasteiger partial charge in [0.15, 0.2) is 0 Å². The lowest BCUT2D eigenvalue weighted by Crippen LogP contribution is -2.61. The molecule has 0 saturated heterocycles. The fourth-order valence-electron chi connectivity index (χ4n) is 17.0. The summed E-state index contributed by atoms with van der Waals surface area (Å²) in [6.07, 6.45) is 0. The Kier molecular flexibility index (Phi) is 12.4. The highest BCUT2D eigenvalue weighted by molar-refractivity contribution is 7.00. The molecule has 0 N–H and O–H groups in total. The van der Waals surface area contributed by atoms with Crippen molar-refractivity contribution in [1.82, 2.24) is 9.13 Å². The van der Waals surface area contributed by atoms with E-state index in [1.54, 1.807) is 12.1 Å². The Morgan fingerprint density at radius 2 is 0.530 bits per heavy atom. The van der Waals surface area contributed by atoms with Crippen LogP contribution in [0.25, 0.3) is 99.5 Å². The summed E-state index contributed by atoms with van der Waals surface area (Å²) in [4.78, 5) is 4.59. The molecular formula is C110H115BN4. The second kappa shape index (κ2) is 26.9. The summed E-state index contributed by atoms with van der Waals surface area (Å²) in [7, 11) is 0. The van der Waals surface area contributed by atoms with Crippen LogP contribution < -0.4 is 26.2 Å². The van der Waals surface area contributed by atoms with Gasteiger partial charge in [0.2, 0.25) is 0 Å². The highest BCUT2D eigenvalue weighted by Gasteiger charge is 2.47. The minimum absolute atomic E-state index is 0.120. The van der Waals surface area contributed by atoms with Gasteiger partial charge in [-0.15, -0.1) is 0 Å². The van der Waals surface area contributed by atoms with Crippen LogP contribution in [0.3, 0.4) is 0 Å². The topological polar surface area (TPSA) is 16.3 Å². The minimum atomic E-state index is -3.22. The fraction of sp³-hybridized carbons (Fsp3) is 0.291. The number of fused-ring (bicyclic) bond motifs is 10. The van der Waals surface area contributed by atoms with Gasteiger partial charge in [-0.3, -0.25) is 0 Å². The molecule has 2 aromatic heterocycles. The molecule has 15 aromatic rings. The van der Waals surface area contributed by atoms with Crippen LogP contribution in [-0.4, -0.2) is 15.8 Å². The number of nitrogens with zero attached hydrogens (tertiary/aromatic N) is 4. The van der Waals surface area contributed by atoms with E-state index in [-0.39, 0.29) is 33.4 Å². The van der Waals surface area contributed by atoms with Gasteiger partial charge in [0.05, 0.1) is 49.9 Å². The number of anilines is 6. The van der Waals surface area contributed by atoms with Crippen LogP contribution in [0.15, 0.2) is 242 Å². The van der Waals surface area contributed by atoms with Crippen molar-refractivity contribution in [2.24, 2.45) is 0 Å². The molecule has 0 unspecified atom stereocenters. The van der Waals surface area contributed by atoms with E-state index >= 15 is 0 Å². The van der Waals surface area contributed by atoms with Crippen molar-refractivity contribution in [1.29, 1.82) is 0 Å². The standard InChI is InChI=1S/C110H115BN4/c1-66-38-46-93-87(50-66)88-51-67(2)39-47-94(88)112(93)81-42-44-91-97(64-81)114(102-83(70-30-26-34-74(54-70)104(5,6)7)58-78(108(17,18)19)59-84(102)71-31-27-35-75(55-71)105(8,9)10)99-62-80(110(23,24)25)63-100-101(99)111(91)92-45-43-82(113-95-48-40-68(3)52-89(95)90-53-69(4)41-49-96(90)113)65-98(92)115(100)103-85(72-32-28-36-76(56-72)106(11,12)13)60-79(109(20,21)22)61-86(103)73-33-29-37-77(57-73)107(14,15)16/h26-65H,1-25H3/i1D3,2D3,3D3,4D3,38D,39D,40D,41D,46D,47D,48D,49D,50D,51D,52D,53D. The quantitative estimate of drug-likeness (QED) is 0.141. The summed E-state index contributed by atoms with van der Waals surface area (Å²) < 4.78 is 229. The second-order valence-corrected chi connectivity index (χ2v) is 39.0. The molecule has 0 atom stereocenters. The predicted octanol–water partition coefficient (Wildman–Crippen LogP) is 28.9. The fourth-order valence-corrected chi connectivity index (χ4v) is 17.0. The van der Waals surface area contributed by atoms with Crippen LogP contribution in [0.4, 0.5) is 34.1 Å². The lowest BCUT2D eigenvalue weighted by Gasteiger charge is -2.47. The monoisotopic (exact) mass is 1530 g/mol. The summed E-state index contributed by atoms with van der Waals surface area (Å²) in [6.45, 7) is 31.7. The van der Waals surface area contributed by atoms with Gasteiger partial charge in [0, 0.05) is 94.4 Å². The highest BCUT2D eigenvalue weighted by atomic mass is 15.2. The average Bonchev–Trinajstić information content (AvgIpc) is 1.67. The first kappa shape index (κ1) is 53.3. The summed E-state index contributed by atoms with van der Waals surface area (Å²) in [5, 5.41) is -1.57. The van der Waals surface area contributed by atoms with Crippen LogP contribution in [0.5, 0.6) is 0 Å². The maximum atomic E-state index is 10.3. The molecule has 2 aliphatic heterocycles. The van der Waals surface area contributed by atoms with Crippen LogP contribution in [0.2, 0.25) is 0 Å². The van der Waals surface area contributed by atoms with Gasteiger partial charge in [-0.1, -0.05) is 301 Å². The van der Waals surface area contributed by atoms with Crippen molar-refractivity contribution in [3.8, 4) is 55.9 Å². The number of hydrogen-bond acceptors (Lipinski definition) is 2. The first-order valence-corrected chi connectivity index (χ1v) is 40.0. The van der Waals surface area contributed by atoms with E-state index in [4.69, 9.17) is 16.4 Å². The zero-order valence-corrected chi connectivity index (χ0v) is 70.0. The third-order valence-corrected chi connectivity index (χ3v) is 23.5. The summed E-state index contributed by atoms with van der Waals surface area (Å²) >= 11 is 0. The summed E-state index contributed by atoms with van der Waals surface area (Å²) in [5.74, 6) is 0. The number of hydrogen-bond donors (Lipinski definition) is 0. The second-order valence-electron chi connectivity index (χ2n) is 39.0. The van der Waals surface area contributed by atoms with E-state index in [0.717, 1.165) is 88.9 Å². The molecule has 13 aromatic carbocycles. The van der Waals surface area contributed by atoms with Crippen LogP contribution >= 0.6 is 0 Å². The van der Waals surface area contributed by atoms with E-state index in [2.05, 4.69) is 289 Å². The van der Waals surface area contributed by atoms with E-state index in [9.17, 15) is 16.4 Å². The Labute approximate surface area is 719 Å². The Hall–Kier alpha value is -10.9. The van der Waals surface area contributed by atoms with Gasteiger partial charge in [0.1, 0.15) is 0 Å². The molecule has 0 amide bonds. The predicted molar refractivity (Wildman–Crippen MR) is 501 cm³/mol. The van der Waals surface area contributed by atoms with Crippen molar-refractivity contribution in [3.63, 3.8) is 0 Å². The van der Waals surface area contributed by atoms with Gasteiger partial charge in [0.25, 0.3) is 6.71 Å². The zero-order valence-electron chi connectivity index (χ0n) is 94.0. The summed E-state index contributed by atoms with van der Waals surface area (Å²) in [6, 6.07) is 49.4. The first-order valence-electron chi connectivity index (χ1n) is 52.0. The normalized spacial score (nSPS) is 17.0. The first-order chi connectivity index (χ1) is 64.0. The molecule has 4 nitrogen and oxygen atoms in total. The molecule has 0 aliphatic carbocycles. The molecule has 0 saturated carbocycles. The van der Waals surface area contributed by atoms with Crippen LogP contribution in [0.1, 0.15) is 239 Å². The third kappa shape index (κ3) is 13.3. The van der Waals surface area contributed by atoms with Gasteiger partial charge >= 0.3 is 0 Å². The van der Waals surface area contributed by atoms with Gasteiger partial charge in [-0.05, 0) is 252 Å². The Morgan fingerprint density at radius 1 is 0.270 bits per heavy atom. The maximum Gasteiger partial charge on any atom is 0.252 e. The molecule has 0 bridgehead atoms. The van der Waals surface area contributed by atoms with E-state index in [1.807, 2.05) is 24.3 Å². The smallest absolute Gasteiger partial charge is 0.252 e. The Bertz CT molecular complexity index is 6980. The van der Waals surface area contributed by atoms with Gasteiger partial charge in [-0.2, -0.15) is 0 Å². The third-order valence-electron chi connectivity index (χ3n) is 23.5. The number of benzene rings is 13. The molecule has 578 valence electrons. The van der Waals surface area contributed by atoms with Crippen LogP contribution in [-0.2, 0) is 37.9 Å². The Balaban J connectivity index is 1.16. The van der Waals surface area contributed by atoms with E-state index in [1.165, 1.54) is 9.13 Å². The molecular weight excluding hydrogens is 1390 g/mol. The van der Waals surface area contributed by atoms with E-state index in [0.29, 0.717) is 45.0 Å². The molecule has 0 fully saturated rings. The molecule has 0 radical (unpaired) electrons. The minimum Gasteiger partial charge on any atom is -0.310 e. The summed E-state index contributed by atoms with van der Waals surface area (Å²) in [5.41, 5.74) is 10.9. The van der Waals surface area contributed by atoms with Crippen molar-refractivity contribution < 1.29 is 32.9 Å². The molecule has 0 spiro atoms. The molecule has 4 heterocycles. The molecule has 17 rings (SSSR count). The number of aromatic nitrogens is 2. The van der Waals surface area contributed by atoms with Gasteiger partial charge in [-0.25, -0.2) is 0 Å². The van der Waals surface area contributed by atoms with E-state index < -0.39 is 188 Å². The van der Waals surface area contributed by atoms with Crippen LogP contribution in [0, 0.1) is 27.4 Å². The highest BCUT2D eigenvalue weighted by Crippen LogP contribution is 2.57. The van der Waals surface area contributed by atoms with Crippen molar-refractivity contribution in [2.75, 3.05) is 9.80 Å². The zero-order chi connectivity index (χ0) is 102. The van der Waals surface area contributed by atoms with Crippen molar-refractivity contribution >= 4 is 101 Å². The maximum absolute atomic E-state index is 10.3. The molecule has 5 heteroatoms. The number of rotatable bonds is 8. The molecule has 115 heavy (non-hydrogen) atoms. The SMILES string of the molecule is [2H]c1c(C([2H])([2H])[2H])c([2H])c2c3c([2H])c(C([2H])([2H])[2H])c([2H])c([2H])c3n(-c3ccc4c(c3)N(c3c(-c5cccc(C(C)(C)C)c5)cc(C(C)(C)C)cc3-c3cccc(C(C)(C)C)c3)c3cc(C(C)(C)C)cc5c3B4c3ccc(-n4c6c([2H])c([2H])c(C([2H])([2H])[2H])c([2H])c6c6c([2H])c(C([2H])([2H])[2H])c([2H])c([2H])c64)cc3N5c3c(-c4cccc(C(C)(C)C)c4)cc(C(C)(C)C)cc3-c3cccc(C(C)(C)C)c3)c2c1[2H]. The molecule has 2 aliphatic rings.